The predicted octanol–water partition coefficient (Wildman–Crippen LogP) is 4.52. The largest absolute Gasteiger partial charge is 0.396 e. The fraction of sp³-hybridized carbons (Fsp3) is 0.500. The second-order valence-electron chi connectivity index (χ2n) is 11.2. The van der Waals surface area contributed by atoms with Gasteiger partial charge < -0.3 is 20.6 Å². The third-order valence-electron chi connectivity index (χ3n) is 8.64. The molecule has 3 aliphatic heterocycles. The van der Waals surface area contributed by atoms with Crippen LogP contribution < -0.4 is 10.6 Å². The van der Waals surface area contributed by atoms with Gasteiger partial charge in [0.25, 0.3) is 0 Å². The highest BCUT2D eigenvalue weighted by atomic mass is 32.2. The number of aryl methyl sites for hydroxylation is 2. The molecule has 2 bridgehead atoms. The van der Waals surface area contributed by atoms with Crippen LogP contribution in [0.3, 0.4) is 0 Å². The number of aliphatic hydroxyl groups excluding tert-OH is 1. The Morgan fingerprint density at radius 2 is 1.68 bits per heavy atom. The zero-order valence-corrected chi connectivity index (χ0v) is 23.1. The number of nitrogens with one attached hydrogen (secondary N) is 2. The number of benzene rings is 2. The molecule has 8 heteroatoms. The van der Waals surface area contributed by atoms with Crippen molar-refractivity contribution in [3.05, 3.63) is 59.7 Å². The van der Waals surface area contributed by atoms with E-state index in [0.717, 1.165) is 36.1 Å². The second kappa shape index (κ2) is 10.4. The van der Waals surface area contributed by atoms with E-state index >= 15 is 0 Å². The number of carbonyl (C=O) groups is 3. The third kappa shape index (κ3) is 4.41. The zero-order valence-electron chi connectivity index (χ0n) is 22.3. The fourth-order valence-corrected chi connectivity index (χ4v) is 9.24. The van der Waals surface area contributed by atoms with Crippen molar-refractivity contribution in [1.82, 2.24) is 4.90 Å². The lowest BCUT2D eigenvalue weighted by molar-refractivity contribution is -0.139. The van der Waals surface area contributed by atoms with Crippen molar-refractivity contribution in [3.63, 3.8) is 0 Å². The van der Waals surface area contributed by atoms with Gasteiger partial charge in [-0.3, -0.25) is 14.4 Å². The standard InChI is InChI=1S/C30H37N3O4S/c1-19-11-10-12-20(2)24(19)32-27(36)25-30-16-15-29(3,38-30)22(26(35)31-21-13-6-4-7-14-21)23(30)28(37)33(25)17-8-5-9-18-34/h4,6-7,10-14,22-23,25,34H,5,8-9,15-18H2,1-3H3,(H,31,35)(H,32,36)/t22-,23+,25?,29+,30?/m1/s1. The number of unbranched alkanes of at least 4 members (excludes halogenated alkanes) is 2. The molecule has 3 saturated heterocycles. The molecule has 2 unspecified atom stereocenters. The van der Waals surface area contributed by atoms with E-state index in [4.69, 9.17) is 0 Å². The number of likely N-dealkylation sites (tertiary alicyclic amines) is 1. The molecule has 1 spiro atoms. The van der Waals surface area contributed by atoms with Crippen LogP contribution in [-0.2, 0) is 14.4 Å². The Morgan fingerprint density at radius 3 is 2.37 bits per heavy atom. The lowest BCUT2D eigenvalue weighted by Crippen LogP contribution is -2.52. The van der Waals surface area contributed by atoms with Gasteiger partial charge in [-0.1, -0.05) is 36.4 Å². The van der Waals surface area contributed by atoms with E-state index in [1.807, 2.05) is 62.4 Å². The average molecular weight is 536 g/mol. The summed E-state index contributed by atoms with van der Waals surface area (Å²) in [5.74, 6) is -1.50. The van der Waals surface area contributed by atoms with Gasteiger partial charge in [0.05, 0.1) is 16.6 Å². The smallest absolute Gasteiger partial charge is 0.248 e. The molecule has 2 aromatic carbocycles. The summed E-state index contributed by atoms with van der Waals surface area (Å²) in [6.45, 7) is 6.56. The molecular weight excluding hydrogens is 498 g/mol. The first-order valence-electron chi connectivity index (χ1n) is 13.6. The van der Waals surface area contributed by atoms with E-state index in [1.54, 1.807) is 16.7 Å². The summed E-state index contributed by atoms with van der Waals surface area (Å²) in [6, 6.07) is 14.6. The molecule has 3 amide bonds. The first kappa shape index (κ1) is 26.8. The van der Waals surface area contributed by atoms with Gasteiger partial charge in [-0.05, 0) is 76.1 Å². The Morgan fingerprint density at radius 1 is 0.974 bits per heavy atom. The predicted molar refractivity (Wildman–Crippen MR) is 151 cm³/mol. The zero-order chi connectivity index (χ0) is 27.1. The molecule has 3 N–H and O–H groups in total. The van der Waals surface area contributed by atoms with Crippen LogP contribution in [0, 0.1) is 25.7 Å². The minimum Gasteiger partial charge on any atom is -0.396 e. The molecule has 0 saturated carbocycles. The van der Waals surface area contributed by atoms with Crippen molar-refractivity contribution in [2.24, 2.45) is 11.8 Å². The first-order chi connectivity index (χ1) is 18.2. The molecule has 2 aromatic rings. The van der Waals surface area contributed by atoms with E-state index in [-0.39, 0.29) is 24.3 Å². The van der Waals surface area contributed by atoms with Crippen molar-refractivity contribution < 1.29 is 19.5 Å². The maximum atomic E-state index is 14.1. The van der Waals surface area contributed by atoms with Gasteiger partial charge in [-0.15, -0.1) is 11.8 Å². The van der Waals surface area contributed by atoms with E-state index < -0.39 is 27.4 Å². The highest BCUT2D eigenvalue weighted by Crippen LogP contribution is 2.71. The van der Waals surface area contributed by atoms with Crippen LogP contribution in [0.1, 0.15) is 50.2 Å². The molecule has 7 nitrogen and oxygen atoms in total. The van der Waals surface area contributed by atoms with Gasteiger partial charge in [0.2, 0.25) is 17.7 Å². The number of anilines is 2. The summed E-state index contributed by atoms with van der Waals surface area (Å²) in [4.78, 5) is 43.7. The van der Waals surface area contributed by atoms with Crippen LogP contribution in [0.25, 0.3) is 0 Å². The summed E-state index contributed by atoms with van der Waals surface area (Å²) in [6.07, 6.45) is 3.62. The molecule has 38 heavy (non-hydrogen) atoms. The average Bonchev–Trinajstić information content (AvgIpc) is 3.45. The molecule has 5 rings (SSSR count). The van der Waals surface area contributed by atoms with Crippen LogP contribution in [0.2, 0.25) is 0 Å². The molecule has 3 heterocycles. The molecular formula is C30H37N3O4S. The quantitative estimate of drug-likeness (QED) is 0.410. The molecule has 202 valence electrons. The highest BCUT2D eigenvalue weighted by Gasteiger charge is 2.77. The summed E-state index contributed by atoms with van der Waals surface area (Å²) in [5, 5.41) is 15.5. The van der Waals surface area contributed by atoms with E-state index in [9.17, 15) is 19.5 Å². The number of amides is 3. The lowest BCUT2D eigenvalue weighted by atomic mass is 9.66. The van der Waals surface area contributed by atoms with Crippen LogP contribution in [0.5, 0.6) is 0 Å². The number of aliphatic hydroxyl groups is 1. The van der Waals surface area contributed by atoms with Gasteiger partial charge in [0, 0.05) is 29.3 Å². The minimum absolute atomic E-state index is 0.0974. The van der Waals surface area contributed by atoms with Crippen molar-refractivity contribution in [1.29, 1.82) is 0 Å². The SMILES string of the molecule is Cc1cccc(C)c1NC(=O)C1N(CCCCCO)C(=O)[C@@H]2[C@H](C(=O)Nc3ccccc3)[C@]3(C)CCC12S3. The minimum atomic E-state index is -0.658. The maximum Gasteiger partial charge on any atom is 0.248 e. The van der Waals surface area contributed by atoms with Crippen LogP contribution in [0.15, 0.2) is 48.5 Å². The molecule has 3 fully saturated rings. The Labute approximate surface area is 228 Å². The number of carbonyl (C=O) groups excluding carboxylic acids is 3. The second-order valence-corrected chi connectivity index (χ2v) is 13.1. The Hall–Kier alpha value is -2.84. The fourth-order valence-electron chi connectivity index (χ4n) is 6.88. The number of rotatable bonds is 9. The van der Waals surface area contributed by atoms with Gasteiger partial charge in [0.1, 0.15) is 6.04 Å². The summed E-state index contributed by atoms with van der Waals surface area (Å²) in [5.41, 5.74) is 3.44. The van der Waals surface area contributed by atoms with Crippen LogP contribution in [-0.4, -0.2) is 56.4 Å². The monoisotopic (exact) mass is 535 g/mol. The van der Waals surface area contributed by atoms with Gasteiger partial charge in [-0.2, -0.15) is 0 Å². The van der Waals surface area contributed by atoms with Crippen LogP contribution in [0.4, 0.5) is 11.4 Å². The van der Waals surface area contributed by atoms with Gasteiger partial charge in [-0.25, -0.2) is 0 Å². The third-order valence-corrected chi connectivity index (χ3v) is 10.6. The Bertz CT molecular complexity index is 1220. The number of nitrogens with zero attached hydrogens (tertiary/aromatic N) is 1. The number of hydrogen-bond donors (Lipinski definition) is 3. The molecule has 0 aliphatic carbocycles. The van der Waals surface area contributed by atoms with E-state index in [1.165, 1.54) is 0 Å². The van der Waals surface area contributed by atoms with E-state index in [2.05, 4.69) is 17.6 Å². The number of hydrogen-bond acceptors (Lipinski definition) is 5. The first-order valence-corrected chi connectivity index (χ1v) is 14.4. The van der Waals surface area contributed by atoms with Crippen molar-refractivity contribution in [2.45, 2.75) is 68.4 Å². The van der Waals surface area contributed by atoms with Crippen molar-refractivity contribution in [3.8, 4) is 0 Å². The highest BCUT2D eigenvalue weighted by molar-refractivity contribution is 8.02. The maximum absolute atomic E-state index is 14.1. The topological polar surface area (TPSA) is 98.7 Å². The summed E-state index contributed by atoms with van der Waals surface area (Å²) in [7, 11) is 0. The normalized spacial score (nSPS) is 29.4. The van der Waals surface area contributed by atoms with Gasteiger partial charge in [0.15, 0.2) is 0 Å². The lowest BCUT2D eigenvalue weighted by Gasteiger charge is -2.35. The van der Waals surface area contributed by atoms with Gasteiger partial charge >= 0.3 is 0 Å². The number of para-hydroxylation sites is 2. The molecule has 0 radical (unpaired) electrons. The number of fused-ring (bicyclic) bond motifs is 1. The Balaban J connectivity index is 1.49. The number of thioether (sulfide) groups is 1. The van der Waals surface area contributed by atoms with Crippen molar-refractivity contribution >= 4 is 40.9 Å². The Kier molecular flexibility index (Phi) is 7.31. The van der Waals surface area contributed by atoms with Crippen molar-refractivity contribution in [2.75, 3.05) is 23.8 Å². The van der Waals surface area contributed by atoms with E-state index in [0.29, 0.717) is 25.1 Å². The summed E-state index contributed by atoms with van der Waals surface area (Å²) < 4.78 is -1.07. The molecule has 5 atom stereocenters. The molecule has 0 aromatic heterocycles. The van der Waals surface area contributed by atoms with Crippen LogP contribution >= 0.6 is 11.8 Å². The summed E-state index contributed by atoms with van der Waals surface area (Å²) >= 11 is 1.68. The molecule has 3 aliphatic rings.